The number of methoxy groups -OCH3 is 1. The molecule has 1 aromatic rings. The summed E-state index contributed by atoms with van der Waals surface area (Å²) in [5, 5.41) is 11.5. The minimum absolute atomic E-state index is 0.0258. The molecule has 0 heterocycles. The number of amides is 1. The molecule has 0 aliphatic rings. The van der Waals surface area contributed by atoms with Gasteiger partial charge in [-0.3, -0.25) is 9.59 Å². The number of rotatable bonds is 6. The first-order valence-corrected chi connectivity index (χ1v) is 6.55. The highest BCUT2D eigenvalue weighted by Crippen LogP contribution is 2.19. The number of halogens is 2. The predicted octanol–water partition coefficient (Wildman–Crippen LogP) is 2.20. The third kappa shape index (κ3) is 4.57. The van der Waals surface area contributed by atoms with Gasteiger partial charge in [0.05, 0.1) is 24.1 Å². The molecule has 2 N–H and O–H groups in total. The summed E-state index contributed by atoms with van der Waals surface area (Å²) in [5.41, 5.74) is -0.985. The van der Waals surface area contributed by atoms with Gasteiger partial charge in [0.25, 0.3) is 5.91 Å². The lowest BCUT2D eigenvalue weighted by atomic mass is 9.98. The molecule has 0 bridgehead atoms. The number of hydrogen-bond acceptors (Lipinski definition) is 3. The average Bonchev–Trinajstić information content (AvgIpc) is 2.30. The largest absolute Gasteiger partial charge is 0.481 e. The summed E-state index contributed by atoms with van der Waals surface area (Å²) in [6.45, 7) is 1.58. The highest BCUT2D eigenvalue weighted by molar-refractivity contribution is 9.10. The van der Waals surface area contributed by atoms with Gasteiger partial charge in [0.2, 0.25) is 0 Å². The second-order valence-corrected chi connectivity index (χ2v) is 5.50. The van der Waals surface area contributed by atoms with E-state index < -0.39 is 23.2 Å². The summed E-state index contributed by atoms with van der Waals surface area (Å²) in [5.74, 6) is -2.19. The Kier molecular flexibility index (Phi) is 5.64. The van der Waals surface area contributed by atoms with Crippen LogP contribution in [-0.2, 0) is 9.53 Å². The van der Waals surface area contributed by atoms with Gasteiger partial charge in [0.15, 0.2) is 0 Å². The highest BCUT2D eigenvalue weighted by Gasteiger charge is 2.30. The molecule has 0 fully saturated rings. The van der Waals surface area contributed by atoms with Crippen molar-refractivity contribution in [3.05, 3.63) is 34.1 Å². The molecule has 0 radical (unpaired) electrons. The molecule has 1 atom stereocenters. The van der Waals surface area contributed by atoms with E-state index in [2.05, 4.69) is 21.2 Å². The molecule has 20 heavy (non-hydrogen) atoms. The number of nitrogens with one attached hydrogen (secondary N) is 1. The number of hydrogen-bond donors (Lipinski definition) is 2. The molecule has 0 aliphatic heterocycles. The molecule has 0 saturated heterocycles. The molecule has 1 rings (SSSR count). The van der Waals surface area contributed by atoms with Gasteiger partial charge < -0.3 is 15.2 Å². The Morgan fingerprint density at radius 2 is 2.15 bits per heavy atom. The van der Waals surface area contributed by atoms with E-state index in [9.17, 15) is 14.0 Å². The van der Waals surface area contributed by atoms with Crippen molar-refractivity contribution in [2.75, 3.05) is 13.7 Å². The van der Waals surface area contributed by atoms with E-state index in [1.165, 1.54) is 19.2 Å². The van der Waals surface area contributed by atoms with Gasteiger partial charge in [-0.05, 0) is 41.1 Å². The molecule has 0 aliphatic carbocycles. The predicted molar refractivity (Wildman–Crippen MR) is 74.1 cm³/mol. The van der Waals surface area contributed by atoms with E-state index >= 15 is 0 Å². The summed E-state index contributed by atoms with van der Waals surface area (Å²) in [4.78, 5) is 23.0. The first kappa shape index (κ1) is 16.6. The monoisotopic (exact) mass is 347 g/mol. The number of carboxylic acids is 1. The van der Waals surface area contributed by atoms with Crippen LogP contribution in [0.1, 0.15) is 23.7 Å². The zero-order valence-corrected chi connectivity index (χ0v) is 12.7. The molecule has 0 aromatic heterocycles. The topological polar surface area (TPSA) is 75.6 Å². The van der Waals surface area contributed by atoms with Gasteiger partial charge in [-0.2, -0.15) is 0 Å². The van der Waals surface area contributed by atoms with Crippen molar-refractivity contribution in [1.82, 2.24) is 5.32 Å². The summed E-state index contributed by atoms with van der Waals surface area (Å²) in [6, 6.07) is 3.70. The summed E-state index contributed by atoms with van der Waals surface area (Å²) >= 11 is 3.15. The van der Waals surface area contributed by atoms with Crippen LogP contribution in [-0.4, -0.2) is 36.2 Å². The van der Waals surface area contributed by atoms with Gasteiger partial charge in [-0.1, -0.05) is 0 Å². The Balaban J connectivity index is 2.95. The first-order valence-electron chi connectivity index (χ1n) is 5.76. The normalized spacial score (nSPS) is 13.6. The Hall–Kier alpha value is -1.47. The van der Waals surface area contributed by atoms with Crippen molar-refractivity contribution in [3.8, 4) is 0 Å². The molecule has 110 valence electrons. The maximum atomic E-state index is 13.2. The van der Waals surface area contributed by atoms with Gasteiger partial charge in [-0.15, -0.1) is 0 Å². The summed E-state index contributed by atoms with van der Waals surface area (Å²) in [7, 11) is 1.41. The van der Waals surface area contributed by atoms with Crippen LogP contribution >= 0.6 is 15.9 Å². The Morgan fingerprint density at radius 1 is 1.50 bits per heavy atom. The quantitative estimate of drug-likeness (QED) is 0.827. The first-order chi connectivity index (χ1) is 9.27. The third-order valence-electron chi connectivity index (χ3n) is 2.59. The van der Waals surface area contributed by atoms with Gasteiger partial charge >= 0.3 is 5.97 Å². The minimum atomic E-state index is -1.08. The van der Waals surface area contributed by atoms with E-state index in [0.717, 1.165) is 6.07 Å². The fraction of sp³-hybridized carbons (Fsp3) is 0.385. The lowest BCUT2D eigenvalue weighted by Crippen LogP contribution is -2.50. The van der Waals surface area contributed by atoms with Crippen molar-refractivity contribution in [2.45, 2.75) is 18.9 Å². The molecule has 0 spiro atoms. The summed E-state index contributed by atoms with van der Waals surface area (Å²) < 4.78 is 18.5. The van der Waals surface area contributed by atoms with E-state index in [-0.39, 0.29) is 18.6 Å². The number of benzene rings is 1. The Labute approximate surface area is 124 Å². The van der Waals surface area contributed by atoms with Crippen LogP contribution in [0.2, 0.25) is 0 Å². The van der Waals surface area contributed by atoms with E-state index in [0.29, 0.717) is 4.47 Å². The second-order valence-electron chi connectivity index (χ2n) is 4.64. The number of carboxylic acid groups (broad SMARTS) is 1. The smallest absolute Gasteiger partial charge is 0.305 e. The van der Waals surface area contributed by atoms with Crippen molar-refractivity contribution in [3.63, 3.8) is 0 Å². The Bertz CT molecular complexity index is 523. The molecule has 1 amide bonds. The number of ether oxygens (including phenoxy) is 1. The molecule has 7 heteroatoms. The van der Waals surface area contributed by atoms with E-state index in [1.807, 2.05) is 0 Å². The van der Waals surface area contributed by atoms with Crippen LogP contribution in [0.5, 0.6) is 0 Å². The molecular weight excluding hydrogens is 333 g/mol. The van der Waals surface area contributed by atoms with Crippen molar-refractivity contribution in [1.29, 1.82) is 0 Å². The lowest BCUT2D eigenvalue weighted by Gasteiger charge is -2.28. The molecule has 1 unspecified atom stereocenters. The van der Waals surface area contributed by atoms with Crippen molar-refractivity contribution >= 4 is 27.8 Å². The maximum absolute atomic E-state index is 13.2. The van der Waals surface area contributed by atoms with Crippen molar-refractivity contribution < 1.29 is 23.8 Å². The number of carbonyl (C=O) groups is 2. The maximum Gasteiger partial charge on any atom is 0.305 e. The molecule has 1 aromatic carbocycles. The zero-order chi connectivity index (χ0) is 15.3. The number of carbonyl (C=O) groups excluding carboxylic acids is 1. The van der Waals surface area contributed by atoms with Gasteiger partial charge in [0.1, 0.15) is 5.82 Å². The van der Waals surface area contributed by atoms with Crippen LogP contribution < -0.4 is 5.32 Å². The fourth-order valence-electron chi connectivity index (χ4n) is 1.80. The summed E-state index contributed by atoms with van der Waals surface area (Å²) in [6.07, 6.45) is -0.306. The van der Waals surface area contributed by atoms with Crippen molar-refractivity contribution in [2.24, 2.45) is 0 Å². The zero-order valence-electron chi connectivity index (χ0n) is 11.1. The second kappa shape index (κ2) is 6.81. The Morgan fingerprint density at radius 3 is 2.70 bits per heavy atom. The number of aliphatic carboxylic acids is 1. The van der Waals surface area contributed by atoms with Gasteiger partial charge in [0, 0.05) is 11.6 Å². The fourth-order valence-corrected chi connectivity index (χ4v) is 2.22. The highest BCUT2D eigenvalue weighted by atomic mass is 79.9. The average molecular weight is 348 g/mol. The molecule has 5 nitrogen and oxygen atoms in total. The standard InChI is InChI=1S/C13H15BrFNO4/c1-13(7-20-2,6-11(17)18)16-12(19)9-5-8(15)3-4-10(9)14/h3-5H,6-7H2,1-2H3,(H,16,19)(H,17,18). The third-order valence-corrected chi connectivity index (χ3v) is 3.28. The van der Waals surface area contributed by atoms with Crippen LogP contribution in [0, 0.1) is 5.82 Å². The van der Waals surface area contributed by atoms with Crippen LogP contribution in [0.15, 0.2) is 22.7 Å². The SMILES string of the molecule is COCC(C)(CC(=O)O)NC(=O)c1cc(F)ccc1Br. The molecule has 0 saturated carbocycles. The van der Waals surface area contributed by atoms with Crippen LogP contribution in [0.25, 0.3) is 0 Å². The lowest BCUT2D eigenvalue weighted by molar-refractivity contribution is -0.139. The van der Waals surface area contributed by atoms with Crippen LogP contribution in [0.3, 0.4) is 0 Å². The minimum Gasteiger partial charge on any atom is -0.481 e. The van der Waals surface area contributed by atoms with Crippen LogP contribution in [0.4, 0.5) is 4.39 Å². The van der Waals surface area contributed by atoms with E-state index in [1.54, 1.807) is 6.92 Å². The van der Waals surface area contributed by atoms with Gasteiger partial charge in [-0.25, -0.2) is 4.39 Å². The van der Waals surface area contributed by atoms with E-state index in [4.69, 9.17) is 9.84 Å². The molecular formula is C13H15BrFNO4.